The number of primary amides is 1. The molecule has 38 heavy (non-hydrogen) atoms. The number of anilines is 2. The maximum absolute atomic E-state index is 14.9. The van der Waals surface area contributed by atoms with Gasteiger partial charge >= 0.3 is 5.97 Å². The van der Waals surface area contributed by atoms with Crippen LogP contribution in [0, 0.1) is 11.6 Å². The second-order valence-electron chi connectivity index (χ2n) is 8.89. The lowest BCUT2D eigenvalue weighted by Gasteiger charge is -2.30. The van der Waals surface area contributed by atoms with Crippen molar-refractivity contribution in [3.63, 3.8) is 0 Å². The van der Waals surface area contributed by atoms with E-state index in [0.29, 0.717) is 31.9 Å². The molecule has 1 amide bonds. The van der Waals surface area contributed by atoms with Gasteiger partial charge < -0.3 is 25.6 Å². The summed E-state index contributed by atoms with van der Waals surface area (Å²) in [5.74, 6) is -3.10. The molecule has 4 rings (SSSR count). The summed E-state index contributed by atoms with van der Waals surface area (Å²) in [4.78, 5) is 31.1. The number of benzene rings is 1. The van der Waals surface area contributed by atoms with Crippen LogP contribution in [0.4, 0.5) is 19.6 Å². The molecule has 1 aliphatic heterocycles. The van der Waals surface area contributed by atoms with Gasteiger partial charge in [-0.05, 0) is 36.8 Å². The summed E-state index contributed by atoms with van der Waals surface area (Å²) in [6.45, 7) is 5.45. The Hall–Kier alpha value is -3.45. The highest BCUT2D eigenvalue weighted by atomic mass is 32.1. The standard InChI is InChI=1S/C26H28F2N4O5S/c1-14(13-33)16-10-18(27)23(19(28)11-16)20-12-17(24(29)34)25(38-20)31-21-4-3-5-22(30-21)37-26(35)15(2)32-6-8-36-9-7-32/h3-5,10-12,14-15,33H,6-9,13H2,1-2H3,(H2,29,34)(H,30,31). The Balaban J connectivity index is 1.56. The molecule has 0 bridgehead atoms. The molecule has 3 heterocycles. The smallest absolute Gasteiger partial charge is 0.329 e. The van der Waals surface area contributed by atoms with Gasteiger partial charge in [-0.25, -0.2) is 13.6 Å². The zero-order valence-electron chi connectivity index (χ0n) is 20.9. The van der Waals surface area contributed by atoms with Crippen LogP contribution in [0.2, 0.25) is 0 Å². The van der Waals surface area contributed by atoms with Crippen LogP contribution in [0.1, 0.15) is 35.7 Å². The van der Waals surface area contributed by atoms with Crippen molar-refractivity contribution in [2.45, 2.75) is 25.8 Å². The van der Waals surface area contributed by atoms with Crippen molar-refractivity contribution in [3.8, 4) is 16.3 Å². The Morgan fingerprint density at radius 2 is 1.89 bits per heavy atom. The molecule has 2 aromatic heterocycles. The fourth-order valence-corrected chi connectivity index (χ4v) is 5.09. The Bertz CT molecular complexity index is 1310. The number of rotatable bonds is 9. The molecule has 3 aromatic rings. The molecular formula is C26H28F2N4O5S. The number of aliphatic hydroxyl groups is 1. The van der Waals surface area contributed by atoms with Gasteiger partial charge in [0.15, 0.2) is 0 Å². The van der Waals surface area contributed by atoms with Gasteiger partial charge in [0.25, 0.3) is 5.91 Å². The molecule has 1 aliphatic rings. The maximum atomic E-state index is 14.9. The Labute approximate surface area is 222 Å². The number of amides is 1. The Morgan fingerprint density at radius 3 is 2.53 bits per heavy atom. The van der Waals surface area contributed by atoms with E-state index in [4.69, 9.17) is 15.2 Å². The first-order chi connectivity index (χ1) is 18.2. The van der Waals surface area contributed by atoms with Crippen LogP contribution >= 0.6 is 11.3 Å². The summed E-state index contributed by atoms with van der Waals surface area (Å²) < 4.78 is 40.6. The highest BCUT2D eigenvalue weighted by Gasteiger charge is 2.26. The number of ether oxygens (including phenoxy) is 2. The number of thiophene rings is 1. The normalized spacial score (nSPS) is 15.6. The number of aliphatic hydroxyl groups excluding tert-OH is 1. The minimum Gasteiger partial charge on any atom is -0.406 e. The van der Waals surface area contributed by atoms with Gasteiger partial charge in [0.05, 0.1) is 24.3 Å². The maximum Gasteiger partial charge on any atom is 0.329 e. The molecule has 12 heteroatoms. The van der Waals surface area contributed by atoms with Crippen molar-refractivity contribution >= 4 is 34.0 Å². The lowest BCUT2D eigenvalue weighted by atomic mass is 9.99. The summed E-state index contributed by atoms with van der Waals surface area (Å²) in [6, 6.07) is 7.84. The number of pyridine rings is 1. The van der Waals surface area contributed by atoms with E-state index in [1.807, 2.05) is 4.90 Å². The van der Waals surface area contributed by atoms with E-state index >= 15 is 0 Å². The molecule has 0 saturated carbocycles. The lowest BCUT2D eigenvalue weighted by molar-refractivity contribution is -0.141. The summed E-state index contributed by atoms with van der Waals surface area (Å²) in [5.41, 5.74) is 5.54. The van der Waals surface area contributed by atoms with Crippen molar-refractivity contribution in [3.05, 3.63) is 59.2 Å². The molecule has 0 aliphatic carbocycles. The van der Waals surface area contributed by atoms with Crippen molar-refractivity contribution in [1.29, 1.82) is 0 Å². The van der Waals surface area contributed by atoms with Crippen LogP contribution in [0.25, 0.3) is 10.4 Å². The number of halogens is 2. The van der Waals surface area contributed by atoms with Gasteiger partial charge in [0.1, 0.15) is 28.5 Å². The number of esters is 1. The molecule has 1 fully saturated rings. The summed E-state index contributed by atoms with van der Waals surface area (Å²) >= 11 is 0.920. The Kier molecular flexibility index (Phi) is 8.67. The van der Waals surface area contributed by atoms with Gasteiger partial charge in [-0.15, -0.1) is 11.3 Å². The van der Waals surface area contributed by atoms with Crippen molar-refractivity contribution in [1.82, 2.24) is 9.88 Å². The van der Waals surface area contributed by atoms with Gasteiger partial charge in [0.2, 0.25) is 5.88 Å². The average Bonchev–Trinajstić information content (AvgIpc) is 3.31. The number of nitrogens with one attached hydrogen (secondary N) is 1. The highest BCUT2D eigenvalue weighted by molar-refractivity contribution is 7.20. The topological polar surface area (TPSA) is 127 Å². The largest absolute Gasteiger partial charge is 0.406 e. The van der Waals surface area contributed by atoms with Crippen molar-refractivity contribution in [2.75, 3.05) is 38.2 Å². The van der Waals surface area contributed by atoms with E-state index in [1.54, 1.807) is 26.0 Å². The summed E-state index contributed by atoms with van der Waals surface area (Å²) in [7, 11) is 0. The molecule has 1 aromatic carbocycles. The second kappa shape index (κ2) is 11.9. The molecular weight excluding hydrogens is 518 g/mol. The van der Waals surface area contributed by atoms with E-state index in [9.17, 15) is 23.5 Å². The second-order valence-corrected chi connectivity index (χ2v) is 9.94. The van der Waals surface area contributed by atoms with Gasteiger partial charge in [-0.3, -0.25) is 9.69 Å². The molecule has 2 atom stereocenters. The molecule has 9 nitrogen and oxygen atoms in total. The van der Waals surface area contributed by atoms with Crippen LogP contribution in [-0.2, 0) is 9.53 Å². The van der Waals surface area contributed by atoms with Crippen LogP contribution in [0.15, 0.2) is 36.4 Å². The van der Waals surface area contributed by atoms with E-state index in [0.717, 1.165) is 23.5 Å². The third-order valence-electron chi connectivity index (χ3n) is 6.26. The quantitative estimate of drug-likeness (QED) is 0.347. The number of hydrogen-bond donors (Lipinski definition) is 3. The van der Waals surface area contributed by atoms with Crippen molar-refractivity contribution in [2.24, 2.45) is 5.73 Å². The molecule has 1 saturated heterocycles. The third-order valence-corrected chi connectivity index (χ3v) is 7.32. The summed E-state index contributed by atoms with van der Waals surface area (Å²) in [6.07, 6.45) is 0. The van der Waals surface area contributed by atoms with Crippen LogP contribution in [0.3, 0.4) is 0 Å². The van der Waals surface area contributed by atoms with E-state index in [1.165, 1.54) is 12.1 Å². The predicted octanol–water partition coefficient (Wildman–Crippen LogP) is 3.65. The zero-order valence-corrected chi connectivity index (χ0v) is 21.7. The minimum absolute atomic E-state index is 0.0155. The first-order valence-electron chi connectivity index (χ1n) is 12.0. The number of nitrogens with two attached hydrogens (primary N) is 1. The van der Waals surface area contributed by atoms with Gasteiger partial charge in [-0.2, -0.15) is 4.98 Å². The SMILES string of the molecule is CC(CO)c1cc(F)c(-c2cc(C(N)=O)c(Nc3cccc(OC(=O)C(C)N4CCOCC4)n3)s2)c(F)c1. The first-order valence-corrected chi connectivity index (χ1v) is 12.8. The number of nitrogens with zero attached hydrogens (tertiary/aromatic N) is 2. The average molecular weight is 547 g/mol. The molecule has 202 valence electrons. The predicted molar refractivity (Wildman–Crippen MR) is 139 cm³/mol. The number of hydrogen-bond acceptors (Lipinski definition) is 9. The monoisotopic (exact) mass is 546 g/mol. The van der Waals surface area contributed by atoms with E-state index < -0.39 is 35.5 Å². The fraction of sp³-hybridized carbons (Fsp3) is 0.346. The van der Waals surface area contributed by atoms with Gasteiger partial charge in [0, 0.05) is 36.6 Å². The fourth-order valence-electron chi connectivity index (χ4n) is 3.97. The van der Waals surface area contributed by atoms with E-state index in [2.05, 4.69) is 10.3 Å². The van der Waals surface area contributed by atoms with E-state index in [-0.39, 0.29) is 39.3 Å². The molecule has 0 spiro atoms. The molecule has 2 unspecified atom stereocenters. The summed E-state index contributed by atoms with van der Waals surface area (Å²) in [5, 5.41) is 12.5. The van der Waals surface area contributed by atoms with Crippen LogP contribution in [-0.4, -0.2) is 65.8 Å². The third kappa shape index (κ3) is 6.16. The lowest BCUT2D eigenvalue weighted by Crippen LogP contribution is -2.47. The first kappa shape index (κ1) is 27.6. The van der Waals surface area contributed by atoms with Crippen LogP contribution < -0.4 is 15.8 Å². The Morgan fingerprint density at radius 1 is 1.21 bits per heavy atom. The van der Waals surface area contributed by atoms with Crippen molar-refractivity contribution < 1.29 is 33.0 Å². The molecule has 4 N–H and O–H groups in total. The molecule has 0 radical (unpaired) electrons. The number of carbonyl (C=O) groups excluding carboxylic acids is 2. The zero-order chi connectivity index (χ0) is 27.4. The minimum atomic E-state index is -0.828. The number of aromatic nitrogens is 1. The highest BCUT2D eigenvalue weighted by Crippen LogP contribution is 2.40. The number of morpholine rings is 1. The van der Waals surface area contributed by atoms with Gasteiger partial charge in [-0.1, -0.05) is 13.0 Å². The van der Waals surface area contributed by atoms with Crippen LogP contribution in [0.5, 0.6) is 5.88 Å². The number of carbonyl (C=O) groups is 2.